The van der Waals surface area contributed by atoms with Crippen molar-refractivity contribution in [1.82, 2.24) is 0 Å². The predicted molar refractivity (Wildman–Crippen MR) is 101 cm³/mol. The summed E-state index contributed by atoms with van der Waals surface area (Å²) in [5.41, 5.74) is 0.610. The van der Waals surface area contributed by atoms with Crippen molar-refractivity contribution < 1.29 is 27.9 Å². The molecule has 1 amide bonds. The quantitative estimate of drug-likeness (QED) is 0.779. The second kappa shape index (κ2) is 8.22. The van der Waals surface area contributed by atoms with Gasteiger partial charge in [-0.1, -0.05) is 12.1 Å². The van der Waals surface area contributed by atoms with Crippen LogP contribution in [0.1, 0.15) is 24.2 Å². The van der Waals surface area contributed by atoms with Crippen molar-refractivity contribution in [3.8, 4) is 5.75 Å². The molecule has 0 unspecified atom stereocenters. The van der Waals surface area contributed by atoms with Gasteiger partial charge in [-0.2, -0.15) is 0 Å². The zero-order valence-corrected chi connectivity index (χ0v) is 16.1. The van der Waals surface area contributed by atoms with E-state index in [-0.39, 0.29) is 10.5 Å². The molecule has 2 aromatic carbocycles. The number of anilines is 1. The molecule has 2 rings (SSSR count). The summed E-state index contributed by atoms with van der Waals surface area (Å²) < 4.78 is 30.2. The van der Waals surface area contributed by atoms with E-state index in [1.165, 1.54) is 24.1 Å². The molecule has 0 radical (unpaired) electrons. The molecule has 0 spiro atoms. The summed E-state index contributed by atoms with van der Waals surface area (Å²) in [5.74, 6) is -1.20. The first kappa shape index (κ1) is 20.4. The van der Waals surface area contributed by atoms with Crippen LogP contribution in [0.15, 0.2) is 53.4 Å². The number of ether oxygens (including phenoxy) is 1. The minimum atomic E-state index is -3.61. The molecule has 0 bridgehead atoms. The van der Waals surface area contributed by atoms with Crippen molar-refractivity contribution >= 4 is 27.4 Å². The third-order valence-electron chi connectivity index (χ3n) is 3.94. The van der Waals surface area contributed by atoms with Crippen LogP contribution in [0.3, 0.4) is 0 Å². The van der Waals surface area contributed by atoms with E-state index in [1.807, 2.05) is 0 Å². The summed E-state index contributed by atoms with van der Waals surface area (Å²) in [6, 6.07) is 12.4. The highest BCUT2D eigenvalue weighted by Gasteiger charge is 2.27. The molecule has 2 aromatic rings. The van der Waals surface area contributed by atoms with E-state index < -0.39 is 33.6 Å². The van der Waals surface area contributed by atoms with E-state index in [9.17, 15) is 18.0 Å². The van der Waals surface area contributed by atoms with Crippen molar-refractivity contribution in [3.05, 3.63) is 54.1 Å². The molecule has 0 saturated heterocycles. The Kier molecular flexibility index (Phi) is 6.22. The van der Waals surface area contributed by atoms with E-state index in [2.05, 4.69) is 0 Å². The van der Waals surface area contributed by atoms with Crippen molar-refractivity contribution in [1.29, 1.82) is 0 Å². The van der Waals surface area contributed by atoms with Gasteiger partial charge in [0, 0.05) is 12.7 Å². The predicted octanol–water partition coefficient (Wildman–Crippen LogP) is 2.61. The number of carboxylic acid groups (broad SMARTS) is 1. The van der Waals surface area contributed by atoms with Crippen molar-refractivity contribution in [3.63, 3.8) is 0 Å². The Morgan fingerprint density at radius 3 is 2.22 bits per heavy atom. The highest BCUT2D eigenvalue weighted by Crippen LogP contribution is 2.25. The molecule has 27 heavy (non-hydrogen) atoms. The summed E-state index contributed by atoms with van der Waals surface area (Å²) in [5, 5.41) is 7.97. The Hall–Kier alpha value is -2.87. The molecule has 0 saturated carbocycles. The first-order valence-corrected chi connectivity index (χ1v) is 9.75. The summed E-state index contributed by atoms with van der Waals surface area (Å²) in [4.78, 5) is 24.7. The average Bonchev–Trinajstić information content (AvgIpc) is 2.65. The van der Waals surface area contributed by atoms with Crippen molar-refractivity contribution in [2.24, 2.45) is 0 Å². The monoisotopic (exact) mass is 391 g/mol. The maximum absolute atomic E-state index is 12.9. The van der Waals surface area contributed by atoms with Gasteiger partial charge in [-0.25, -0.2) is 13.2 Å². The molecule has 0 aliphatic rings. The SMILES string of the molecule is CC(C)S(=O)(=O)c1ccccc1C(=O)N(C)c1ccc(OCC(=O)O)cc1. The van der Waals surface area contributed by atoms with Crippen LogP contribution in [-0.2, 0) is 14.6 Å². The Labute approximate surface area is 158 Å². The molecular formula is C19H21NO6S. The van der Waals surface area contributed by atoms with E-state index in [0.717, 1.165) is 0 Å². The zero-order valence-electron chi connectivity index (χ0n) is 15.2. The smallest absolute Gasteiger partial charge is 0.341 e. The topological polar surface area (TPSA) is 101 Å². The maximum atomic E-state index is 12.9. The molecule has 1 N–H and O–H groups in total. The van der Waals surface area contributed by atoms with Gasteiger partial charge >= 0.3 is 5.97 Å². The van der Waals surface area contributed by atoms with Crippen molar-refractivity contribution in [2.45, 2.75) is 24.0 Å². The van der Waals surface area contributed by atoms with Gasteiger partial charge in [0.25, 0.3) is 5.91 Å². The molecule has 0 aliphatic heterocycles. The molecule has 8 heteroatoms. The molecule has 7 nitrogen and oxygen atoms in total. The number of sulfone groups is 1. The largest absolute Gasteiger partial charge is 0.482 e. The van der Waals surface area contributed by atoms with Crippen LogP contribution in [0.25, 0.3) is 0 Å². The lowest BCUT2D eigenvalue weighted by molar-refractivity contribution is -0.139. The van der Waals surface area contributed by atoms with Crippen LogP contribution in [0.4, 0.5) is 5.69 Å². The standard InChI is InChI=1S/C19H21NO6S/c1-13(2)27(24,25)17-7-5-4-6-16(17)19(23)20(3)14-8-10-15(11-9-14)26-12-18(21)22/h4-11,13H,12H2,1-3H3,(H,21,22). The van der Waals surface area contributed by atoms with Crippen LogP contribution < -0.4 is 9.64 Å². The number of hydrogen-bond donors (Lipinski definition) is 1. The number of amides is 1. The average molecular weight is 391 g/mol. The molecule has 0 aromatic heterocycles. The number of rotatable bonds is 7. The van der Waals surface area contributed by atoms with Crippen LogP contribution in [0.2, 0.25) is 0 Å². The first-order chi connectivity index (χ1) is 12.6. The van der Waals surface area contributed by atoms with Crippen LogP contribution in [0.5, 0.6) is 5.75 Å². The molecule has 144 valence electrons. The van der Waals surface area contributed by atoms with Crippen LogP contribution in [0, 0.1) is 0 Å². The van der Waals surface area contributed by atoms with Gasteiger partial charge in [0.05, 0.1) is 15.7 Å². The third kappa shape index (κ3) is 4.65. The van der Waals surface area contributed by atoms with Gasteiger partial charge in [0.1, 0.15) is 5.75 Å². The molecule has 0 heterocycles. The third-order valence-corrected chi connectivity index (χ3v) is 6.15. The van der Waals surface area contributed by atoms with E-state index in [4.69, 9.17) is 9.84 Å². The number of hydrogen-bond acceptors (Lipinski definition) is 5. The Morgan fingerprint density at radius 1 is 1.07 bits per heavy atom. The van der Waals surface area contributed by atoms with Gasteiger partial charge < -0.3 is 14.7 Å². The number of benzene rings is 2. The Morgan fingerprint density at radius 2 is 1.67 bits per heavy atom. The van der Waals surface area contributed by atoms with E-state index >= 15 is 0 Å². The van der Waals surface area contributed by atoms with Gasteiger partial charge in [-0.15, -0.1) is 0 Å². The minimum absolute atomic E-state index is 0.00161. The maximum Gasteiger partial charge on any atom is 0.341 e. The molecular weight excluding hydrogens is 370 g/mol. The zero-order chi connectivity index (χ0) is 20.2. The highest BCUT2D eigenvalue weighted by molar-refractivity contribution is 7.92. The lowest BCUT2D eigenvalue weighted by Crippen LogP contribution is -2.28. The second-order valence-corrected chi connectivity index (χ2v) is 8.60. The minimum Gasteiger partial charge on any atom is -0.482 e. The highest BCUT2D eigenvalue weighted by atomic mass is 32.2. The van der Waals surface area contributed by atoms with Gasteiger partial charge in [-0.05, 0) is 50.2 Å². The van der Waals surface area contributed by atoms with Crippen molar-refractivity contribution in [2.75, 3.05) is 18.6 Å². The molecule has 0 aliphatic carbocycles. The van der Waals surface area contributed by atoms with Gasteiger partial charge in [0.15, 0.2) is 16.4 Å². The summed E-state index contributed by atoms with van der Waals surface area (Å²) in [6.07, 6.45) is 0. The lowest BCUT2D eigenvalue weighted by Gasteiger charge is -2.20. The fourth-order valence-corrected chi connectivity index (χ4v) is 3.59. The number of nitrogens with zero attached hydrogens (tertiary/aromatic N) is 1. The lowest BCUT2D eigenvalue weighted by atomic mass is 10.2. The second-order valence-electron chi connectivity index (χ2n) is 6.13. The van der Waals surface area contributed by atoms with Crippen LogP contribution in [-0.4, -0.2) is 44.3 Å². The molecule has 0 fully saturated rings. The number of carbonyl (C=O) groups is 2. The van der Waals surface area contributed by atoms with E-state index in [1.54, 1.807) is 50.2 Å². The Balaban J connectivity index is 2.30. The first-order valence-electron chi connectivity index (χ1n) is 8.20. The summed E-state index contributed by atoms with van der Waals surface area (Å²) in [6.45, 7) is 2.67. The van der Waals surface area contributed by atoms with Gasteiger partial charge in [-0.3, -0.25) is 4.79 Å². The van der Waals surface area contributed by atoms with E-state index in [0.29, 0.717) is 11.4 Å². The Bertz CT molecular complexity index is 935. The summed E-state index contributed by atoms with van der Waals surface area (Å²) in [7, 11) is -2.08. The molecule has 0 atom stereocenters. The fourth-order valence-electron chi connectivity index (χ4n) is 2.35. The number of carboxylic acids is 1. The normalized spacial score (nSPS) is 11.3. The van der Waals surface area contributed by atoms with Crippen LogP contribution >= 0.6 is 0 Å². The number of carbonyl (C=O) groups excluding carboxylic acids is 1. The fraction of sp³-hybridized carbons (Fsp3) is 0.263. The van der Waals surface area contributed by atoms with Gasteiger partial charge in [0.2, 0.25) is 0 Å². The number of aliphatic carboxylic acids is 1. The summed E-state index contributed by atoms with van der Waals surface area (Å²) >= 11 is 0.